The van der Waals surface area contributed by atoms with Crippen LogP contribution in [-0.4, -0.2) is 39.0 Å². The summed E-state index contributed by atoms with van der Waals surface area (Å²) in [5, 5.41) is 18.6. The number of ether oxygens (including phenoxy) is 1. The third kappa shape index (κ3) is 2.27. The molecular weight excluding hydrogens is 248 g/mol. The van der Waals surface area contributed by atoms with E-state index in [-0.39, 0.29) is 29.8 Å². The van der Waals surface area contributed by atoms with Crippen molar-refractivity contribution in [3.63, 3.8) is 0 Å². The number of rotatable bonds is 2. The van der Waals surface area contributed by atoms with Crippen LogP contribution in [0.2, 0.25) is 5.15 Å². The van der Waals surface area contributed by atoms with Crippen molar-refractivity contribution in [2.45, 2.75) is 24.7 Å². The Kier molecular flexibility index (Phi) is 3.34. The summed E-state index contributed by atoms with van der Waals surface area (Å²) in [6.07, 6.45) is -1.66. The summed E-state index contributed by atoms with van der Waals surface area (Å²) in [7, 11) is 0. The van der Waals surface area contributed by atoms with Gasteiger partial charge in [0.05, 0.1) is 12.7 Å². The second-order valence-electron chi connectivity index (χ2n) is 3.82. The Morgan fingerprint density at radius 1 is 1.35 bits per heavy atom. The molecule has 0 unspecified atom stereocenters. The highest BCUT2D eigenvalue weighted by Crippen LogP contribution is 2.35. The van der Waals surface area contributed by atoms with Crippen molar-refractivity contribution in [3.8, 4) is 0 Å². The van der Waals surface area contributed by atoms with E-state index in [1.54, 1.807) is 0 Å². The quantitative estimate of drug-likeness (QED) is 0.563. The number of nitrogens with two attached hydrogens (primary N) is 2. The second-order valence-corrected chi connectivity index (χ2v) is 4.18. The van der Waals surface area contributed by atoms with Gasteiger partial charge in [-0.25, -0.2) is 9.97 Å². The van der Waals surface area contributed by atoms with Crippen LogP contribution in [0.15, 0.2) is 0 Å². The van der Waals surface area contributed by atoms with E-state index in [0.29, 0.717) is 5.69 Å². The molecule has 0 saturated carbocycles. The van der Waals surface area contributed by atoms with Crippen molar-refractivity contribution in [2.75, 3.05) is 18.1 Å². The van der Waals surface area contributed by atoms with E-state index in [4.69, 9.17) is 32.9 Å². The Labute approximate surface area is 102 Å². The first kappa shape index (κ1) is 12.3. The predicted octanol–water partition coefficient (Wildman–Crippen LogP) is -0.522. The Bertz CT molecular complexity index is 431. The lowest BCUT2D eigenvalue weighted by Crippen LogP contribution is -2.24. The van der Waals surface area contributed by atoms with Crippen molar-refractivity contribution < 1.29 is 14.9 Å². The molecule has 0 aromatic carbocycles. The minimum absolute atomic E-state index is 0.0414. The van der Waals surface area contributed by atoms with Gasteiger partial charge in [-0.3, -0.25) is 0 Å². The molecule has 8 heteroatoms. The number of hydrogen-bond donors (Lipinski definition) is 4. The first-order valence-electron chi connectivity index (χ1n) is 5.05. The Morgan fingerprint density at radius 2 is 2.06 bits per heavy atom. The van der Waals surface area contributed by atoms with Crippen LogP contribution in [0.1, 0.15) is 18.2 Å². The normalized spacial score (nSPS) is 28.5. The van der Waals surface area contributed by atoms with Crippen LogP contribution in [0.4, 0.5) is 11.6 Å². The molecule has 0 aliphatic carbocycles. The number of halogens is 1. The molecule has 1 saturated heterocycles. The summed E-state index contributed by atoms with van der Waals surface area (Å²) in [4.78, 5) is 7.82. The van der Waals surface area contributed by atoms with Gasteiger partial charge in [-0.2, -0.15) is 0 Å². The topological polar surface area (TPSA) is 128 Å². The summed E-state index contributed by atoms with van der Waals surface area (Å²) in [5.41, 5.74) is 11.5. The summed E-state index contributed by atoms with van der Waals surface area (Å²) in [6, 6.07) is 0. The van der Waals surface area contributed by atoms with Crippen LogP contribution >= 0.6 is 11.6 Å². The summed E-state index contributed by atoms with van der Waals surface area (Å²) >= 11 is 5.75. The number of aliphatic hydroxyl groups excluding tert-OH is 2. The highest BCUT2D eigenvalue weighted by molar-refractivity contribution is 6.31. The van der Waals surface area contributed by atoms with E-state index in [2.05, 4.69) is 9.97 Å². The number of nitrogen functional groups attached to an aromatic ring is 2. The van der Waals surface area contributed by atoms with E-state index < -0.39 is 18.3 Å². The molecule has 0 amide bonds. The van der Waals surface area contributed by atoms with Gasteiger partial charge < -0.3 is 26.4 Å². The van der Waals surface area contributed by atoms with E-state index in [9.17, 15) is 5.11 Å². The van der Waals surface area contributed by atoms with Crippen molar-refractivity contribution in [2.24, 2.45) is 0 Å². The maximum Gasteiger partial charge on any atom is 0.171 e. The first-order valence-corrected chi connectivity index (χ1v) is 5.43. The van der Waals surface area contributed by atoms with Crippen LogP contribution < -0.4 is 11.5 Å². The second kappa shape index (κ2) is 4.61. The third-order valence-electron chi connectivity index (χ3n) is 2.64. The van der Waals surface area contributed by atoms with Crippen molar-refractivity contribution in [1.82, 2.24) is 9.97 Å². The third-order valence-corrected chi connectivity index (χ3v) is 2.92. The molecule has 3 atom stereocenters. The minimum atomic E-state index is -0.762. The van der Waals surface area contributed by atoms with Gasteiger partial charge in [-0.05, 0) is 0 Å². The first-order chi connectivity index (χ1) is 8.02. The Balaban J connectivity index is 2.27. The highest BCUT2D eigenvalue weighted by atomic mass is 35.5. The average molecular weight is 261 g/mol. The maximum absolute atomic E-state index is 9.60. The Hall–Kier alpha value is -1.15. The largest absolute Gasteiger partial charge is 0.394 e. The number of nitrogens with zero attached hydrogens (tertiary/aromatic N) is 2. The highest BCUT2D eigenvalue weighted by Gasteiger charge is 2.36. The van der Waals surface area contributed by atoms with Gasteiger partial charge in [0.25, 0.3) is 0 Å². The molecular formula is C9H13ClN4O3. The zero-order valence-electron chi connectivity index (χ0n) is 8.88. The average Bonchev–Trinajstić information content (AvgIpc) is 2.65. The van der Waals surface area contributed by atoms with E-state index in [1.807, 2.05) is 0 Å². The molecule has 1 aromatic heterocycles. The molecule has 0 radical (unpaired) electrons. The fourth-order valence-electron chi connectivity index (χ4n) is 1.76. The molecule has 2 rings (SSSR count). The molecule has 6 N–H and O–H groups in total. The van der Waals surface area contributed by atoms with Gasteiger partial charge in [0.1, 0.15) is 23.7 Å². The van der Waals surface area contributed by atoms with Crippen molar-refractivity contribution >= 4 is 23.2 Å². The van der Waals surface area contributed by atoms with E-state index in [1.165, 1.54) is 0 Å². The van der Waals surface area contributed by atoms with E-state index >= 15 is 0 Å². The van der Waals surface area contributed by atoms with Gasteiger partial charge in [0.15, 0.2) is 11.0 Å². The Morgan fingerprint density at radius 3 is 2.65 bits per heavy atom. The lowest BCUT2D eigenvalue weighted by Gasteiger charge is -2.13. The minimum Gasteiger partial charge on any atom is -0.394 e. The van der Waals surface area contributed by atoms with Crippen LogP contribution in [0.3, 0.4) is 0 Å². The monoisotopic (exact) mass is 260 g/mol. The van der Waals surface area contributed by atoms with Crippen LogP contribution in [0.5, 0.6) is 0 Å². The SMILES string of the molecule is Nc1nc(N)c([C@@H]2C[C@@H](O)[C@H](CO)O2)nc1Cl. The molecule has 1 fully saturated rings. The molecule has 1 aromatic rings. The standard InChI is InChI=1S/C9H13ClN4O3/c10-7-9(12)14-8(11)6(13-7)4-1-3(16)5(2-15)17-4/h3-5,15-16H,1-2H2,(H4,11,12,14)/t3-,4+,5+/m1/s1. The summed E-state index contributed by atoms with van der Waals surface area (Å²) < 4.78 is 5.40. The van der Waals surface area contributed by atoms with Gasteiger partial charge in [-0.15, -0.1) is 0 Å². The number of hydrogen-bond acceptors (Lipinski definition) is 7. The zero-order valence-corrected chi connectivity index (χ0v) is 9.63. The molecule has 17 heavy (non-hydrogen) atoms. The number of aliphatic hydroxyl groups is 2. The molecule has 0 bridgehead atoms. The number of aromatic nitrogens is 2. The van der Waals surface area contributed by atoms with Crippen LogP contribution in [-0.2, 0) is 4.74 Å². The fraction of sp³-hybridized carbons (Fsp3) is 0.556. The lowest BCUT2D eigenvalue weighted by molar-refractivity contribution is -0.0234. The molecule has 94 valence electrons. The van der Waals surface area contributed by atoms with Gasteiger partial charge >= 0.3 is 0 Å². The van der Waals surface area contributed by atoms with Gasteiger partial charge in [0.2, 0.25) is 0 Å². The number of anilines is 2. The maximum atomic E-state index is 9.60. The van der Waals surface area contributed by atoms with Gasteiger partial charge in [0, 0.05) is 6.42 Å². The van der Waals surface area contributed by atoms with Crippen LogP contribution in [0, 0.1) is 0 Å². The van der Waals surface area contributed by atoms with Gasteiger partial charge in [-0.1, -0.05) is 11.6 Å². The molecule has 7 nitrogen and oxygen atoms in total. The molecule has 0 spiro atoms. The van der Waals surface area contributed by atoms with E-state index in [0.717, 1.165) is 0 Å². The molecule has 1 aliphatic rings. The molecule has 1 aliphatic heterocycles. The summed E-state index contributed by atoms with van der Waals surface area (Å²) in [5.74, 6) is 0.160. The zero-order chi connectivity index (χ0) is 12.6. The predicted molar refractivity (Wildman–Crippen MR) is 61.2 cm³/mol. The lowest BCUT2D eigenvalue weighted by atomic mass is 10.1. The fourth-order valence-corrected chi connectivity index (χ4v) is 1.89. The van der Waals surface area contributed by atoms with Crippen molar-refractivity contribution in [3.05, 3.63) is 10.8 Å². The van der Waals surface area contributed by atoms with Crippen molar-refractivity contribution in [1.29, 1.82) is 0 Å². The summed E-state index contributed by atoms with van der Waals surface area (Å²) in [6.45, 7) is -0.270. The smallest absolute Gasteiger partial charge is 0.171 e. The molecule has 2 heterocycles. The van der Waals surface area contributed by atoms with Crippen LogP contribution in [0.25, 0.3) is 0 Å².